The fourth-order valence-corrected chi connectivity index (χ4v) is 2.83. The third kappa shape index (κ3) is 4.46. The predicted molar refractivity (Wildman–Crippen MR) is 112 cm³/mol. The van der Waals surface area contributed by atoms with E-state index >= 15 is 0 Å². The molecule has 0 bridgehead atoms. The van der Waals surface area contributed by atoms with Gasteiger partial charge in [-0.05, 0) is 37.6 Å². The first-order chi connectivity index (χ1) is 13.9. The van der Waals surface area contributed by atoms with Crippen LogP contribution in [0.4, 0.5) is 0 Å². The number of aryl methyl sites for hydroxylation is 2. The van der Waals surface area contributed by atoms with Gasteiger partial charge in [0, 0.05) is 31.5 Å². The van der Waals surface area contributed by atoms with E-state index in [0.717, 1.165) is 17.7 Å². The Hall–Kier alpha value is -3.19. The van der Waals surface area contributed by atoms with Crippen LogP contribution in [0.1, 0.15) is 28.9 Å². The number of carbonyl (C=O) groups is 1. The lowest BCUT2D eigenvalue weighted by molar-refractivity contribution is 0.0797. The minimum Gasteiger partial charge on any atom is -0.416 e. The minimum absolute atomic E-state index is 0.223. The Morgan fingerprint density at radius 1 is 1.17 bits per heavy atom. The molecule has 3 heterocycles. The van der Waals surface area contributed by atoms with Crippen LogP contribution in [-0.2, 0) is 6.42 Å². The summed E-state index contributed by atoms with van der Waals surface area (Å²) >= 11 is 6.14. The lowest BCUT2D eigenvalue weighted by Gasteiger charge is -2.07. The van der Waals surface area contributed by atoms with E-state index in [1.165, 1.54) is 9.42 Å². The van der Waals surface area contributed by atoms with Gasteiger partial charge in [0.2, 0.25) is 5.76 Å². The number of halogens is 1. The van der Waals surface area contributed by atoms with Crippen LogP contribution in [0.2, 0.25) is 5.02 Å². The van der Waals surface area contributed by atoms with E-state index in [9.17, 15) is 4.79 Å². The van der Waals surface area contributed by atoms with Crippen molar-refractivity contribution in [2.45, 2.75) is 20.3 Å². The summed E-state index contributed by atoms with van der Waals surface area (Å²) in [4.78, 5) is 21.8. The van der Waals surface area contributed by atoms with Gasteiger partial charge < -0.3 is 9.32 Å². The molecule has 0 spiro atoms. The molecule has 4 aromatic rings. The van der Waals surface area contributed by atoms with Crippen LogP contribution in [-0.4, -0.2) is 44.5 Å². The van der Waals surface area contributed by atoms with Crippen molar-refractivity contribution in [1.82, 2.24) is 24.5 Å². The summed E-state index contributed by atoms with van der Waals surface area (Å²) < 4.78 is 7.03. The number of carbonyl (C=O) groups excluding carboxylic acids is 1. The first-order valence-electron chi connectivity index (χ1n) is 9.15. The second-order valence-corrected chi connectivity index (χ2v) is 6.91. The van der Waals surface area contributed by atoms with Crippen molar-refractivity contribution >= 4 is 23.4 Å². The average Bonchev–Trinajstić information content (AvgIpc) is 3.28. The van der Waals surface area contributed by atoms with E-state index in [-0.39, 0.29) is 17.5 Å². The summed E-state index contributed by atoms with van der Waals surface area (Å²) in [6.07, 6.45) is 2.85. The molecular formula is C21H22ClN5O2. The van der Waals surface area contributed by atoms with Gasteiger partial charge in [0.1, 0.15) is 0 Å². The molecule has 0 atom stereocenters. The van der Waals surface area contributed by atoms with E-state index in [4.69, 9.17) is 16.0 Å². The van der Waals surface area contributed by atoms with Crippen LogP contribution in [0, 0.1) is 6.92 Å². The Kier molecular flexibility index (Phi) is 6.29. The second kappa shape index (κ2) is 8.87. The van der Waals surface area contributed by atoms with Gasteiger partial charge in [0.15, 0.2) is 5.82 Å². The van der Waals surface area contributed by atoms with Gasteiger partial charge in [-0.1, -0.05) is 36.7 Å². The van der Waals surface area contributed by atoms with Crippen molar-refractivity contribution in [1.29, 1.82) is 0 Å². The zero-order valence-electron chi connectivity index (χ0n) is 16.8. The predicted octanol–water partition coefficient (Wildman–Crippen LogP) is 4.30. The Bertz CT molecular complexity index is 1120. The van der Waals surface area contributed by atoms with E-state index in [0.29, 0.717) is 16.5 Å². The highest BCUT2D eigenvalue weighted by molar-refractivity contribution is 6.33. The molecule has 150 valence electrons. The first-order valence-corrected chi connectivity index (χ1v) is 9.52. The lowest BCUT2D eigenvalue weighted by Crippen LogP contribution is -2.22. The Morgan fingerprint density at radius 3 is 2.45 bits per heavy atom. The molecule has 29 heavy (non-hydrogen) atoms. The molecule has 0 fully saturated rings. The molecule has 8 heteroatoms. The number of rotatable bonds is 3. The number of pyridine rings is 1. The maximum Gasteiger partial charge on any atom is 0.325 e. The summed E-state index contributed by atoms with van der Waals surface area (Å²) in [5.74, 6) is 0.749. The largest absolute Gasteiger partial charge is 0.416 e. The van der Waals surface area contributed by atoms with E-state index < -0.39 is 0 Å². The van der Waals surface area contributed by atoms with Gasteiger partial charge in [0.05, 0.1) is 10.7 Å². The van der Waals surface area contributed by atoms with Gasteiger partial charge in [-0.2, -0.15) is 9.50 Å². The molecule has 0 radical (unpaired) electrons. The third-order valence-electron chi connectivity index (χ3n) is 4.22. The van der Waals surface area contributed by atoms with Crippen LogP contribution in [0.25, 0.3) is 17.2 Å². The molecule has 0 N–H and O–H groups in total. The molecule has 1 amide bonds. The Balaban J connectivity index is 0.000000252. The van der Waals surface area contributed by atoms with E-state index in [2.05, 4.69) is 22.0 Å². The van der Waals surface area contributed by atoms with E-state index in [1.54, 1.807) is 27.1 Å². The number of amides is 1. The van der Waals surface area contributed by atoms with E-state index in [1.807, 2.05) is 42.6 Å². The topological polar surface area (TPSA) is 76.5 Å². The monoisotopic (exact) mass is 411 g/mol. The fourth-order valence-electron chi connectivity index (χ4n) is 2.61. The standard InChI is InChI=1S/C14H13ClN4O2.C7H9N/c1-8-11(13(20)18(2)3)21-14-16-12(17-19(8)14)9-6-4-5-7-10(9)15;1-2-7-5-3-4-6-8-7/h4-7H,1-3H3;3-6H,2H2,1H3. The van der Waals surface area contributed by atoms with Crippen LogP contribution >= 0.6 is 11.6 Å². The summed E-state index contributed by atoms with van der Waals surface area (Å²) in [6, 6.07) is 13.3. The normalized spacial score (nSPS) is 10.5. The quantitative estimate of drug-likeness (QED) is 0.502. The summed E-state index contributed by atoms with van der Waals surface area (Å²) in [7, 11) is 3.32. The molecule has 0 unspecified atom stereocenters. The summed E-state index contributed by atoms with van der Waals surface area (Å²) in [5, 5.41) is 4.93. The van der Waals surface area contributed by atoms with Crippen molar-refractivity contribution < 1.29 is 9.21 Å². The molecule has 0 saturated carbocycles. The third-order valence-corrected chi connectivity index (χ3v) is 4.55. The molecule has 0 aliphatic heterocycles. The van der Waals surface area contributed by atoms with Crippen molar-refractivity contribution in [3.05, 3.63) is 70.8 Å². The van der Waals surface area contributed by atoms with Crippen LogP contribution < -0.4 is 0 Å². The van der Waals surface area contributed by atoms with Crippen LogP contribution in [0.3, 0.4) is 0 Å². The number of hydrogen-bond donors (Lipinski definition) is 0. The number of fused-ring (bicyclic) bond motifs is 1. The molecular weight excluding hydrogens is 390 g/mol. The van der Waals surface area contributed by atoms with Gasteiger partial charge >= 0.3 is 5.84 Å². The highest BCUT2D eigenvalue weighted by Crippen LogP contribution is 2.26. The number of benzene rings is 1. The maximum atomic E-state index is 12.0. The van der Waals surface area contributed by atoms with Crippen molar-refractivity contribution in [3.63, 3.8) is 0 Å². The molecule has 0 aliphatic rings. The molecule has 1 aromatic carbocycles. The Labute approximate surface area is 174 Å². The molecule has 7 nitrogen and oxygen atoms in total. The van der Waals surface area contributed by atoms with Gasteiger partial charge in [-0.25, -0.2) is 0 Å². The van der Waals surface area contributed by atoms with Crippen molar-refractivity contribution in [2.75, 3.05) is 14.1 Å². The number of hydrogen-bond acceptors (Lipinski definition) is 5. The van der Waals surface area contributed by atoms with Gasteiger partial charge in [-0.3, -0.25) is 9.78 Å². The maximum absolute atomic E-state index is 12.0. The minimum atomic E-state index is -0.223. The molecule has 0 saturated heterocycles. The van der Waals surface area contributed by atoms with Crippen molar-refractivity contribution in [2.24, 2.45) is 0 Å². The number of aromatic nitrogens is 4. The van der Waals surface area contributed by atoms with Gasteiger partial charge in [-0.15, -0.1) is 5.10 Å². The van der Waals surface area contributed by atoms with Crippen molar-refractivity contribution in [3.8, 4) is 11.4 Å². The van der Waals surface area contributed by atoms with Gasteiger partial charge in [0.25, 0.3) is 5.91 Å². The average molecular weight is 412 g/mol. The smallest absolute Gasteiger partial charge is 0.325 e. The summed E-state index contributed by atoms with van der Waals surface area (Å²) in [6.45, 7) is 3.86. The fraction of sp³-hybridized carbons (Fsp3) is 0.238. The second-order valence-electron chi connectivity index (χ2n) is 6.50. The SMILES string of the molecule is CCc1ccccn1.Cc1c(C(=O)N(C)C)oc2nc(-c3ccccc3Cl)nn12. The zero-order valence-corrected chi connectivity index (χ0v) is 17.5. The van der Waals surface area contributed by atoms with Crippen LogP contribution in [0.5, 0.6) is 0 Å². The highest BCUT2D eigenvalue weighted by Gasteiger charge is 2.22. The molecule has 4 rings (SSSR count). The highest BCUT2D eigenvalue weighted by atomic mass is 35.5. The lowest BCUT2D eigenvalue weighted by atomic mass is 10.2. The number of nitrogens with zero attached hydrogens (tertiary/aromatic N) is 5. The first kappa shape index (κ1) is 20.5. The van der Waals surface area contributed by atoms with Crippen LogP contribution in [0.15, 0.2) is 53.1 Å². The zero-order chi connectivity index (χ0) is 21.0. The molecule has 0 aliphatic carbocycles. The Morgan fingerprint density at radius 2 is 1.90 bits per heavy atom. The summed E-state index contributed by atoms with van der Waals surface area (Å²) in [5.41, 5.74) is 2.49. The number of oxazole rings is 1. The molecule has 3 aromatic heterocycles.